The molecule has 0 unspecified atom stereocenters. The average molecular weight is 271 g/mol. The first-order chi connectivity index (χ1) is 9.58. The van der Waals surface area contributed by atoms with Crippen molar-refractivity contribution in [2.45, 2.75) is 58.1 Å². The van der Waals surface area contributed by atoms with Crippen molar-refractivity contribution in [1.29, 1.82) is 0 Å². The number of hydrogen-bond donors (Lipinski definition) is 1. The van der Waals surface area contributed by atoms with Gasteiger partial charge in [-0.2, -0.15) is 0 Å². The van der Waals surface area contributed by atoms with E-state index in [1.807, 2.05) is 0 Å². The molecule has 20 heavy (non-hydrogen) atoms. The van der Waals surface area contributed by atoms with E-state index >= 15 is 0 Å². The van der Waals surface area contributed by atoms with Crippen LogP contribution in [0.3, 0.4) is 0 Å². The predicted molar refractivity (Wildman–Crippen MR) is 81.0 cm³/mol. The van der Waals surface area contributed by atoms with Crippen molar-refractivity contribution in [2.75, 3.05) is 6.54 Å². The van der Waals surface area contributed by atoms with Gasteiger partial charge in [0.05, 0.1) is 0 Å². The highest BCUT2D eigenvalue weighted by Gasteiger charge is 2.53. The molecular weight excluding hydrogens is 246 g/mol. The molecule has 1 aromatic rings. The average Bonchev–Trinajstić information content (AvgIpc) is 3.25. The van der Waals surface area contributed by atoms with Crippen LogP contribution in [0.5, 0.6) is 5.75 Å². The maximum Gasteiger partial charge on any atom is 0.127 e. The third-order valence-corrected chi connectivity index (χ3v) is 5.30. The van der Waals surface area contributed by atoms with E-state index in [2.05, 4.69) is 37.4 Å². The minimum absolute atomic E-state index is 0.0375. The summed E-state index contributed by atoms with van der Waals surface area (Å²) in [5, 5.41) is 3.70. The Morgan fingerprint density at radius 3 is 2.75 bits per heavy atom. The number of nitrogens with one attached hydrogen (secondary N) is 1. The third kappa shape index (κ3) is 2.24. The SMILES string of the molecule is CC1(C)Cc2cccc(CNCC3(C4CC4)CC3)c2O1. The lowest BCUT2D eigenvalue weighted by molar-refractivity contribution is 0.137. The van der Waals surface area contributed by atoms with Crippen molar-refractivity contribution in [3.8, 4) is 5.75 Å². The molecular formula is C18H25NO. The Kier molecular flexibility index (Phi) is 2.69. The lowest BCUT2D eigenvalue weighted by Gasteiger charge is -2.19. The Labute approximate surface area is 121 Å². The summed E-state index contributed by atoms with van der Waals surface area (Å²) < 4.78 is 6.14. The molecule has 0 spiro atoms. The number of benzene rings is 1. The van der Waals surface area contributed by atoms with Crippen LogP contribution in [0.1, 0.15) is 50.7 Å². The monoisotopic (exact) mass is 271 g/mol. The van der Waals surface area contributed by atoms with Gasteiger partial charge in [-0.1, -0.05) is 18.2 Å². The summed E-state index contributed by atoms with van der Waals surface area (Å²) in [5.41, 5.74) is 3.35. The van der Waals surface area contributed by atoms with Gasteiger partial charge in [0.25, 0.3) is 0 Å². The number of hydrogen-bond acceptors (Lipinski definition) is 2. The summed E-state index contributed by atoms with van der Waals surface area (Å²) in [7, 11) is 0. The van der Waals surface area contributed by atoms with Crippen LogP contribution < -0.4 is 10.1 Å². The molecule has 1 heterocycles. The molecule has 2 aliphatic carbocycles. The lowest BCUT2D eigenvalue weighted by atomic mass is 9.99. The highest BCUT2D eigenvalue weighted by molar-refractivity contribution is 5.45. The van der Waals surface area contributed by atoms with Crippen LogP contribution in [0.25, 0.3) is 0 Å². The Hall–Kier alpha value is -1.02. The van der Waals surface area contributed by atoms with Crippen molar-refractivity contribution in [3.63, 3.8) is 0 Å². The van der Waals surface area contributed by atoms with Crippen molar-refractivity contribution in [2.24, 2.45) is 11.3 Å². The summed E-state index contributed by atoms with van der Waals surface area (Å²) in [6.45, 7) is 6.51. The molecule has 2 heteroatoms. The lowest BCUT2D eigenvalue weighted by Crippen LogP contribution is -2.26. The van der Waals surface area contributed by atoms with E-state index in [0.29, 0.717) is 5.41 Å². The number of fused-ring (bicyclic) bond motifs is 1. The second-order valence-electron chi connectivity index (χ2n) is 7.68. The van der Waals surface area contributed by atoms with Crippen LogP contribution in [-0.2, 0) is 13.0 Å². The minimum Gasteiger partial charge on any atom is -0.487 e. The number of rotatable bonds is 5. The summed E-state index contributed by atoms with van der Waals surface area (Å²) in [6, 6.07) is 6.60. The fraction of sp³-hybridized carbons (Fsp3) is 0.667. The predicted octanol–water partition coefficient (Wildman–Crippen LogP) is 3.68. The van der Waals surface area contributed by atoms with Gasteiger partial charge in [0.15, 0.2) is 0 Å². The maximum atomic E-state index is 6.14. The molecule has 0 bridgehead atoms. The molecule has 0 amide bonds. The number of para-hydroxylation sites is 1. The highest BCUT2D eigenvalue weighted by Crippen LogP contribution is 2.60. The zero-order valence-corrected chi connectivity index (χ0v) is 12.7. The summed E-state index contributed by atoms with van der Waals surface area (Å²) in [4.78, 5) is 0. The van der Waals surface area contributed by atoms with Gasteiger partial charge in [-0.3, -0.25) is 0 Å². The van der Waals surface area contributed by atoms with Gasteiger partial charge in [0, 0.05) is 25.1 Å². The summed E-state index contributed by atoms with van der Waals surface area (Å²) >= 11 is 0. The smallest absolute Gasteiger partial charge is 0.127 e. The first kappa shape index (κ1) is 12.7. The van der Waals surface area contributed by atoms with E-state index in [0.717, 1.165) is 24.6 Å². The van der Waals surface area contributed by atoms with Crippen LogP contribution in [0, 0.1) is 11.3 Å². The number of ether oxygens (including phenoxy) is 1. The van der Waals surface area contributed by atoms with Crippen LogP contribution >= 0.6 is 0 Å². The van der Waals surface area contributed by atoms with E-state index in [4.69, 9.17) is 4.74 Å². The van der Waals surface area contributed by atoms with Crippen molar-refractivity contribution >= 4 is 0 Å². The molecule has 1 aromatic carbocycles. The second-order valence-corrected chi connectivity index (χ2v) is 7.68. The molecule has 2 fully saturated rings. The molecule has 4 rings (SSSR count). The first-order valence-electron chi connectivity index (χ1n) is 8.09. The minimum atomic E-state index is -0.0375. The summed E-state index contributed by atoms with van der Waals surface area (Å²) in [6.07, 6.45) is 6.86. The first-order valence-corrected chi connectivity index (χ1v) is 8.09. The molecule has 1 N–H and O–H groups in total. The summed E-state index contributed by atoms with van der Waals surface area (Å²) in [5.74, 6) is 2.17. The Bertz CT molecular complexity index is 526. The molecule has 0 radical (unpaired) electrons. The molecule has 2 saturated carbocycles. The highest BCUT2D eigenvalue weighted by atomic mass is 16.5. The topological polar surface area (TPSA) is 21.3 Å². The van der Waals surface area contributed by atoms with Crippen LogP contribution in [0.2, 0.25) is 0 Å². The van der Waals surface area contributed by atoms with E-state index in [1.54, 1.807) is 0 Å². The van der Waals surface area contributed by atoms with Crippen molar-refractivity contribution in [1.82, 2.24) is 5.32 Å². The Morgan fingerprint density at radius 2 is 2.05 bits per heavy atom. The van der Waals surface area contributed by atoms with E-state index < -0.39 is 0 Å². The van der Waals surface area contributed by atoms with E-state index in [1.165, 1.54) is 43.4 Å². The van der Waals surface area contributed by atoms with Gasteiger partial charge in [-0.15, -0.1) is 0 Å². The fourth-order valence-electron chi connectivity index (χ4n) is 3.85. The molecule has 0 saturated heterocycles. The molecule has 0 atom stereocenters. The van der Waals surface area contributed by atoms with E-state index in [9.17, 15) is 0 Å². The van der Waals surface area contributed by atoms with Crippen molar-refractivity contribution < 1.29 is 4.74 Å². The van der Waals surface area contributed by atoms with Gasteiger partial charge in [0.2, 0.25) is 0 Å². The molecule has 1 aliphatic heterocycles. The van der Waals surface area contributed by atoms with Crippen LogP contribution in [0.4, 0.5) is 0 Å². The quantitative estimate of drug-likeness (QED) is 0.882. The molecule has 2 nitrogen and oxygen atoms in total. The molecule has 0 aromatic heterocycles. The normalized spacial score (nSPS) is 25.1. The van der Waals surface area contributed by atoms with Gasteiger partial charge in [-0.05, 0) is 56.4 Å². The third-order valence-electron chi connectivity index (χ3n) is 5.30. The Morgan fingerprint density at radius 1 is 1.25 bits per heavy atom. The largest absolute Gasteiger partial charge is 0.487 e. The molecule has 108 valence electrons. The zero-order chi connectivity index (χ0) is 13.8. The zero-order valence-electron chi connectivity index (χ0n) is 12.7. The standard InChI is InChI=1S/C18H25NO/c1-17(2)10-13-4-3-5-14(16(13)20-17)11-19-12-18(8-9-18)15-6-7-15/h3-5,15,19H,6-12H2,1-2H3. The van der Waals surface area contributed by atoms with Crippen LogP contribution in [-0.4, -0.2) is 12.1 Å². The van der Waals surface area contributed by atoms with Crippen molar-refractivity contribution in [3.05, 3.63) is 29.3 Å². The van der Waals surface area contributed by atoms with Gasteiger partial charge in [-0.25, -0.2) is 0 Å². The van der Waals surface area contributed by atoms with E-state index in [-0.39, 0.29) is 5.60 Å². The Balaban J connectivity index is 1.41. The van der Waals surface area contributed by atoms with Gasteiger partial charge >= 0.3 is 0 Å². The van der Waals surface area contributed by atoms with Crippen LogP contribution in [0.15, 0.2) is 18.2 Å². The maximum absolute atomic E-state index is 6.14. The molecule has 3 aliphatic rings. The van der Waals surface area contributed by atoms with Gasteiger partial charge in [0.1, 0.15) is 11.4 Å². The van der Waals surface area contributed by atoms with Gasteiger partial charge < -0.3 is 10.1 Å². The second kappa shape index (κ2) is 4.24. The fourth-order valence-corrected chi connectivity index (χ4v) is 3.85.